The maximum absolute atomic E-state index is 11.4. The van der Waals surface area contributed by atoms with Crippen molar-refractivity contribution in [1.82, 2.24) is 0 Å². The molecule has 126 valence electrons. The number of benzene rings is 2. The van der Waals surface area contributed by atoms with Crippen LogP contribution in [0.3, 0.4) is 0 Å². The number of carbonyl (C=O) groups excluding carboxylic acids is 1. The average Bonchev–Trinajstić information content (AvgIpc) is 2.64. The lowest BCUT2D eigenvalue weighted by molar-refractivity contribution is 0.0600. The van der Waals surface area contributed by atoms with Gasteiger partial charge in [0.2, 0.25) is 0 Å². The van der Waals surface area contributed by atoms with E-state index >= 15 is 0 Å². The van der Waals surface area contributed by atoms with Crippen LogP contribution < -0.4 is 9.47 Å². The molecule has 0 spiro atoms. The highest BCUT2D eigenvalue weighted by molar-refractivity contribution is 5.89. The van der Waals surface area contributed by atoms with E-state index in [0.717, 1.165) is 11.1 Å². The lowest BCUT2D eigenvalue weighted by atomic mass is 10.1. The predicted octanol–water partition coefficient (Wildman–Crippen LogP) is 3.04. The first-order valence-electron chi connectivity index (χ1n) is 7.22. The molecule has 0 radical (unpaired) electrons. The Morgan fingerprint density at radius 3 is 2.42 bits per heavy atom. The van der Waals surface area contributed by atoms with Crippen LogP contribution in [0.15, 0.2) is 47.6 Å². The Balaban J connectivity index is 2.05. The van der Waals surface area contributed by atoms with Gasteiger partial charge in [-0.25, -0.2) is 4.79 Å². The van der Waals surface area contributed by atoms with Crippen LogP contribution in [-0.4, -0.2) is 33.5 Å². The van der Waals surface area contributed by atoms with Crippen molar-refractivity contribution >= 4 is 12.2 Å². The molecule has 0 N–H and O–H groups in total. The predicted molar refractivity (Wildman–Crippen MR) is 89.7 cm³/mol. The SMILES string of the molecule is CO/N=C/c1ccc(OCc2ccc(C(=O)OC)cc2)c(OC)c1. The topological polar surface area (TPSA) is 66.4 Å². The maximum Gasteiger partial charge on any atom is 0.337 e. The van der Waals surface area contributed by atoms with Gasteiger partial charge >= 0.3 is 5.97 Å². The number of nitrogens with zero attached hydrogens (tertiary/aromatic N) is 1. The van der Waals surface area contributed by atoms with E-state index in [0.29, 0.717) is 23.7 Å². The summed E-state index contributed by atoms with van der Waals surface area (Å²) in [5.41, 5.74) is 2.26. The van der Waals surface area contributed by atoms with Gasteiger partial charge in [0.15, 0.2) is 11.5 Å². The first-order chi connectivity index (χ1) is 11.7. The van der Waals surface area contributed by atoms with Crippen molar-refractivity contribution in [2.45, 2.75) is 6.61 Å². The molecule has 0 amide bonds. The van der Waals surface area contributed by atoms with Gasteiger partial charge in [-0.15, -0.1) is 0 Å². The van der Waals surface area contributed by atoms with E-state index < -0.39 is 0 Å². The summed E-state index contributed by atoms with van der Waals surface area (Å²) < 4.78 is 15.8. The van der Waals surface area contributed by atoms with Gasteiger partial charge in [0, 0.05) is 5.56 Å². The van der Waals surface area contributed by atoms with Gasteiger partial charge in [0.05, 0.1) is 26.0 Å². The summed E-state index contributed by atoms with van der Waals surface area (Å²) in [6.07, 6.45) is 1.58. The molecule has 0 aliphatic carbocycles. The van der Waals surface area contributed by atoms with Crippen molar-refractivity contribution in [3.63, 3.8) is 0 Å². The minimum atomic E-state index is -0.363. The fourth-order valence-electron chi connectivity index (χ4n) is 2.01. The molecule has 0 atom stereocenters. The van der Waals surface area contributed by atoms with Crippen molar-refractivity contribution in [1.29, 1.82) is 0 Å². The zero-order valence-corrected chi connectivity index (χ0v) is 13.8. The molecule has 2 rings (SSSR count). The van der Waals surface area contributed by atoms with E-state index in [1.54, 1.807) is 37.6 Å². The summed E-state index contributed by atoms with van der Waals surface area (Å²) in [6, 6.07) is 12.5. The van der Waals surface area contributed by atoms with Crippen molar-refractivity contribution in [3.05, 3.63) is 59.2 Å². The van der Waals surface area contributed by atoms with Gasteiger partial charge < -0.3 is 19.0 Å². The second kappa shape index (κ2) is 8.57. The molecule has 0 bridgehead atoms. The van der Waals surface area contributed by atoms with Crippen LogP contribution in [0.4, 0.5) is 0 Å². The molecule has 0 aliphatic rings. The molecule has 0 aromatic heterocycles. The number of carbonyl (C=O) groups is 1. The summed E-state index contributed by atoms with van der Waals surface area (Å²) in [5.74, 6) is 0.850. The third kappa shape index (κ3) is 4.49. The summed E-state index contributed by atoms with van der Waals surface area (Å²) >= 11 is 0. The minimum absolute atomic E-state index is 0.351. The molecule has 0 aliphatic heterocycles. The second-order valence-corrected chi connectivity index (χ2v) is 4.80. The van der Waals surface area contributed by atoms with E-state index in [1.165, 1.54) is 14.2 Å². The molecule has 2 aromatic carbocycles. The number of rotatable bonds is 7. The van der Waals surface area contributed by atoms with Crippen molar-refractivity contribution < 1.29 is 23.8 Å². The molecule has 6 nitrogen and oxygen atoms in total. The minimum Gasteiger partial charge on any atom is -0.493 e. The monoisotopic (exact) mass is 329 g/mol. The number of ether oxygens (including phenoxy) is 3. The summed E-state index contributed by atoms with van der Waals surface area (Å²) in [7, 11) is 4.41. The summed E-state index contributed by atoms with van der Waals surface area (Å²) in [5, 5.41) is 3.71. The molecule has 0 fully saturated rings. The van der Waals surface area contributed by atoms with Gasteiger partial charge in [0.25, 0.3) is 0 Å². The van der Waals surface area contributed by atoms with E-state index in [4.69, 9.17) is 9.47 Å². The second-order valence-electron chi connectivity index (χ2n) is 4.80. The Labute approximate surface area is 140 Å². The van der Waals surface area contributed by atoms with Gasteiger partial charge in [-0.2, -0.15) is 0 Å². The zero-order valence-electron chi connectivity index (χ0n) is 13.8. The molecule has 0 saturated carbocycles. The number of hydrogen-bond acceptors (Lipinski definition) is 6. The van der Waals surface area contributed by atoms with Crippen LogP contribution in [0.5, 0.6) is 11.5 Å². The number of oxime groups is 1. The van der Waals surface area contributed by atoms with Crippen LogP contribution in [0.1, 0.15) is 21.5 Å². The van der Waals surface area contributed by atoms with Crippen LogP contribution in [-0.2, 0) is 16.2 Å². The zero-order chi connectivity index (χ0) is 17.4. The van der Waals surface area contributed by atoms with Crippen molar-refractivity contribution in [3.8, 4) is 11.5 Å². The van der Waals surface area contributed by atoms with Gasteiger partial charge in [-0.3, -0.25) is 0 Å². The van der Waals surface area contributed by atoms with E-state index in [-0.39, 0.29) is 5.97 Å². The van der Waals surface area contributed by atoms with Gasteiger partial charge in [-0.05, 0) is 35.9 Å². The molecule has 0 heterocycles. The smallest absolute Gasteiger partial charge is 0.337 e. The standard InChI is InChI=1S/C18H19NO5/c1-21-17-10-14(11-19-23-3)6-9-16(17)24-12-13-4-7-15(8-5-13)18(20)22-2/h4-11H,12H2,1-3H3/b19-11+. The Morgan fingerprint density at radius 1 is 1.04 bits per heavy atom. The van der Waals surface area contributed by atoms with E-state index in [1.807, 2.05) is 18.2 Å². The molecule has 0 unspecified atom stereocenters. The Morgan fingerprint density at radius 2 is 1.79 bits per heavy atom. The van der Waals surface area contributed by atoms with Crippen LogP contribution in [0.25, 0.3) is 0 Å². The number of esters is 1. The first-order valence-corrected chi connectivity index (χ1v) is 7.22. The molecule has 2 aromatic rings. The molecule has 24 heavy (non-hydrogen) atoms. The van der Waals surface area contributed by atoms with Crippen LogP contribution >= 0.6 is 0 Å². The van der Waals surface area contributed by atoms with Gasteiger partial charge in [0.1, 0.15) is 13.7 Å². The van der Waals surface area contributed by atoms with Crippen LogP contribution in [0, 0.1) is 0 Å². The Hall–Kier alpha value is -3.02. The quantitative estimate of drug-likeness (QED) is 0.444. The van der Waals surface area contributed by atoms with E-state index in [9.17, 15) is 4.79 Å². The largest absolute Gasteiger partial charge is 0.493 e. The van der Waals surface area contributed by atoms with Crippen LogP contribution in [0.2, 0.25) is 0 Å². The van der Waals surface area contributed by atoms with Crippen molar-refractivity contribution in [2.24, 2.45) is 5.16 Å². The molecular formula is C18H19NO5. The average molecular weight is 329 g/mol. The first kappa shape index (κ1) is 17.3. The Kier molecular flexibility index (Phi) is 6.19. The van der Waals surface area contributed by atoms with Crippen molar-refractivity contribution in [2.75, 3.05) is 21.3 Å². The fourth-order valence-corrected chi connectivity index (χ4v) is 2.01. The fraction of sp³-hybridized carbons (Fsp3) is 0.222. The summed E-state index contributed by atoms with van der Waals surface area (Å²) in [4.78, 5) is 16.1. The third-order valence-electron chi connectivity index (χ3n) is 3.26. The molecule has 0 saturated heterocycles. The molecular weight excluding hydrogens is 310 g/mol. The summed E-state index contributed by atoms with van der Waals surface area (Å²) in [6.45, 7) is 0.351. The third-order valence-corrected chi connectivity index (χ3v) is 3.26. The normalized spacial score (nSPS) is 10.5. The highest BCUT2D eigenvalue weighted by Crippen LogP contribution is 2.28. The maximum atomic E-state index is 11.4. The highest BCUT2D eigenvalue weighted by Gasteiger charge is 2.07. The lowest BCUT2D eigenvalue weighted by Gasteiger charge is -2.11. The number of methoxy groups -OCH3 is 2. The Bertz CT molecular complexity index is 710. The lowest BCUT2D eigenvalue weighted by Crippen LogP contribution is -2.02. The number of hydrogen-bond donors (Lipinski definition) is 0. The molecule has 6 heteroatoms. The highest BCUT2D eigenvalue weighted by atomic mass is 16.6. The van der Waals surface area contributed by atoms with Gasteiger partial charge in [-0.1, -0.05) is 17.3 Å². The van der Waals surface area contributed by atoms with E-state index in [2.05, 4.69) is 14.7 Å².